The number of nitrogens with one attached hydrogen (secondary N) is 2. The lowest BCUT2D eigenvalue weighted by molar-refractivity contribution is -0.116. The zero-order valence-corrected chi connectivity index (χ0v) is 17.7. The van der Waals surface area contributed by atoms with Crippen LogP contribution in [0.3, 0.4) is 0 Å². The fraction of sp³-hybridized carbons (Fsp3) is 0.190. The van der Waals surface area contributed by atoms with Gasteiger partial charge in [0.25, 0.3) is 5.56 Å². The molecule has 8 nitrogen and oxygen atoms in total. The van der Waals surface area contributed by atoms with Crippen LogP contribution in [0.4, 0.5) is 10.1 Å². The largest absolute Gasteiger partial charge is 0.325 e. The SMILES string of the molecule is CCN(CC(=O)Nc1cccc(-c2nc(C)cc(=O)[nH]2)c1)S(=O)(=O)c1ccc(F)cc1. The molecule has 3 rings (SSSR count). The van der Waals surface area contributed by atoms with Crippen molar-refractivity contribution >= 4 is 21.6 Å². The number of anilines is 1. The van der Waals surface area contributed by atoms with E-state index >= 15 is 0 Å². The molecule has 1 aromatic heterocycles. The van der Waals surface area contributed by atoms with Gasteiger partial charge in [-0.2, -0.15) is 4.31 Å². The summed E-state index contributed by atoms with van der Waals surface area (Å²) in [5.74, 6) is -0.741. The first kappa shape index (κ1) is 22.3. The number of amides is 1. The molecule has 31 heavy (non-hydrogen) atoms. The molecule has 0 radical (unpaired) electrons. The van der Waals surface area contributed by atoms with E-state index in [9.17, 15) is 22.4 Å². The summed E-state index contributed by atoms with van der Waals surface area (Å²) >= 11 is 0. The molecular formula is C21H21FN4O4S. The lowest BCUT2D eigenvalue weighted by Gasteiger charge is -2.20. The van der Waals surface area contributed by atoms with Crippen LogP contribution in [0.25, 0.3) is 11.4 Å². The minimum atomic E-state index is -3.96. The van der Waals surface area contributed by atoms with E-state index in [0.29, 0.717) is 22.8 Å². The highest BCUT2D eigenvalue weighted by Gasteiger charge is 2.25. The zero-order valence-electron chi connectivity index (χ0n) is 16.9. The summed E-state index contributed by atoms with van der Waals surface area (Å²) in [5.41, 5.74) is 1.27. The van der Waals surface area contributed by atoms with Gasteiger partial charge in [-0.1, -0.05) is 19.1 Å². The molecule has 162 valence electrons. The van der Waals surface area contributed by atoms with Gasteiger partial charge in [-0.05, 0) is 43.3 Å². The molecular weight excluding hydrogens is 423 g/mol. The number of nitrogens with zero attached hydrogens (tertiary/aromatic N) is 2. The van der Waals surface area contributed by atoms with Gasteiger partial charge in [0.2, 0.25) is 15.9 Å². The number of likely N-dealkylation sites (N-methyl/N-ethyl adjacent to an activating group) is 1. The lowest BCUT2D eigenvalue weighted by atomic mass is 10.2. The average Bonchev–Trinajstić information content (AvgIpc) is 2.71. The fourth-order valence-electron chi connectivity index (χ4n) is 2.94. The molecule has 0 aliphatic heterocycles. The normalized spacial score (nSPS) is 11.5. The summed E-state index contributed by atoms with van der Waals surface area (Å²) in [7, 11) is -3.96. The number of aryl methyl sites for hydroxylation is 1. The van der Waals surface area contributed by atoms with Gasteiger partial charge in [0.05, 0.1) is 11.4 Å². The Bertz CT molecular complexity index is 1260. The van der Waals surface area contributed by atoms with Crippen LogP contribution >= 0.6 is 0 Å². The molecule has 2 aromatic carbocycles. The summed E-state index contributed by atoms with van der Waals surface area (Å²) in [4.78, 5) is 31.0. The number of sulfonamides is 1. The van der Waals surface area contributed by atoms with Crippen LogP contribution in [0, 0.1) is 12.7 Å². The first-order valence-corrected chi connectivity index (χ1v) is 10.9. The van der Waals surface area contributed by atoms with Crippen LogP contribution in [0.2, 0.25) is 0 Å². The highest BCUT2D eigenvalue weighted by molar-refractivity contribution is 7.89. The first-order chi connectivity index (χ1) is 14.7. The predicted octanol–water partition coefficient (Wildman–Crippen LogP) is 2.53. The van der Waals surface area contributed by atoms with Crippen molar-refractivity contribution in [3.63, 3.8) is 0 Å². The smallest absolute Gasteiger partial charge is 0.251 e. The van der Waals surface area contributed by atoms with Crippen molar-refractivity contribution in [1.82, 2.24) is 14.3 Å². The third-order valence-electron chi connectivity index (χ3n) is 4.41. The van der Waals surface area contributed by atoms with Crippen molar-refractivity contribution in [2.24, 2.45) is 0 Å². The number of hydrogen-bond donors (Lipinski definition) is 2. The maximum absolute atomic E-state index is 13.1. The Balaban J connectivity index is 1.76. The van der Waals surface area contributed by atoms with Crippen LogP contribution in [-0.4, -0.2) is 41.7 Å². The molecule has 2 N–H and O–H groups in total. The number of hydrogen-bond acceptors (Lipinski definition) is 5. The number of H-pyrrole nitrogens is 1. The molecule has 0 aliphatic carbocycles. The molecule has 1 heterocycles. The monoisotopic (exact) mass is 444 g/mol. The van der Waals surface area contributed by atoms with Crippen molar-refractivity contribution in [3.8, 4) is 11.4 Å². The van der Waals surface area contributed by atoms with Gasteiger partial charge in [0, 0.05) is 29.6 Å². The fourth-order valence-corrected chi connectivity index (χ4v) is 4.35. The highest BCUT2D eigenvalue weighted by Crippen LogP contribution is 2.20. The van der Waals surface area contributed by atoms with Gasteiger partial charge in [0.15, 0.2) is 0 Å². The summed E-state index contributed by atoms with van der Waals surface area (Å²) in [6, 6.07) is 12.5. The van der Waals surface area contributed by atoms with Gasteiger partial charge in [-0.15, -0.1) is 0 Å². The number of rotatable bonds is 7. The van der Waals surface area contributed by atoms with E-state index in [1.807, 2.05) is 0 Å². The van der Waals surface area contributed by atoms with Crippen LogP contribution in [-0.2, 0) is 14.8 Å². The Kier molecular flexibility index (Phi) is 6.62. The van der Waals surface area contributed by atoms with Crippen LogP contribution in [0.5, 0.6) is 0 Å². The minimum absolute atomic E-state index is 0.0572. The Morgan fingerprint density at radius 3 is 2.52 bits per heavy atom. The van der Waals surface area contributed by atoms with Crippen molar-refractivity contribution in [2.45, 2.75) is 18.7 Å². The first-order valence-electron chi connectivity index (χ1n) is 9.43. The minimum Gasteiger partial charge on any atom is -0.325 e. The third-order valence-corrected chi connectivity index (χ3v) is 6.35. The summed E-state index contributed by atoms with van der Waals surface area (Å²) < 4.78 is 39.6. The summed E-state index contributed by atoms with van der Waals surface area (Å²) in [6.07, 6.45) is 0. The number of benzene rings is 2. The molecule has 0 atom stereocenters. The Hall–Kier alpha value is -3.37. The van der Waals surface area contributed by atoms with Gasteiger partial charge in [-0.25, -0.2) is 17.8 Å². The van der Waals surface area contributed by atoms with E-state index in [2.05, 4.69) is 15.3 Å². The standard InChI is InChI=1S/C21H21FN4O4S/c1-3-26(31(29,30)18-9-7-16(22)8-10-18)13-20(28)24-17-6-4-5-15(12-17)21-23-14(2)11-19(27)25-21/h4-12H,3,13H2,1-2H3,(H,24,28)(H,23,25,27). The second-order valence-corrected chi connectivity index (χ2v) is 8.69. The molecule has 3 aromatic rings. The third kappa shape index (κ3) is 5.41. The maximum Gasteiger partial charge on any atom is 0.251 e. The van der Waals surface area contributed by atoms with E-state index in [-0.39, 0.29) is 17.0 Å². The Labute approximate surface area is 178 Å². The van der Waals surface area contributed by atoms with Crippen molar-refractivity contribution in [3.05, 3.63) is 76.5 Å². The molecule has 0 fully saturated rings. The Morgan fingerprint density at radius 1 is 1.16 bits per heavy atom. The summed E-state index contributed by atoms with van der Waals surface area (Å²) in [5, 5.41) is 2.65. The van der Waals surface area contributed by atoms with Gasteiger partial charge >= 0.3 is 0 Å². The summed E-state index contributed by atoms with van der Waals surface area (Å²) in [6.45, 7) is 2.95. The van der Waals surface area contributed by atoms with E-state index < -0.39 is 28.3 Å². The number of carbonyl (C=O) groups excluding carboxylic acids is 1. The highest BCUT2D eigenvalue weighted by atomic mass is 32.2. The number of aromatic amines is 1. The second kappa shape index (κ2) is 9.19. The number of carbonyl (C=O) groups is 1. The second-order valence-electron chi connectivity index (χ2n) is 6.75. The van der Waals surface area contributed by atoms with Crippen LogP contribution in [0.1, 0.15) is 12.6 Å². The topological polar surface area (TPSA) is 112 Å². The van der Waals surface area contributed by atoms with E-state index in [0.717, 1.165) is 28.6 Å². The van der Waals surface area contributed by atoms with Crippen LogP contribution < -0.4 is 10.9 Å². The van der Waals surface area contributed by atoms with Crippen LogP contribution in [0.15, 0.2) is 64.3 Å². The number of aromatic nitrogens is 2. The molecule has 0 aliphatic rings. The average molecular weight is 444 g/mol. The molecule has 0 spiro atoms. The van der Waals surface area contributed by atoms with E-state index in [1.54, 1.807) is 38.1 Å². The van der Waals surface area contributed by atoms with Gasteiger partial charge < -0.3 is 10.3 Å². The Morgan fingerprint density at radius 2 is 1.87 bits per heavy atom. The molecule has 0 unspecified atom stereocenters. The van der Waals surface area contributed by atoms with Crippen molar-refractivity contribution < 1.29 is 17.6 Å². The van der Waals surface area contributed by atoms with E-state index in [4.69, 9.17) is 0 Å². The van der Waals surface area contributed by atoms with E-state index in [1.165, 1.54) is 6.07 Å². The quantitative estimate of drug-likeness (QED) is 0.582. The lowest BCUT2D eigenvalue weighted by Crippen LogP contribution is -2.37. The van der Waals surface area contributed by atoms with Crippen molar-refractivity contribution in [1.29, 1.82) is 0 Å². The van der Waals surface area contributed by atoms with Gasteiger partial charge in [-0.3, -0.25) is 9.59 Å². The van der Waals surface area contributed by atoms with Crippen molar-refractivity contribution in [2.75, 3.05) is 18.4 Å². The number of halogens is 1. The molecule has 0 saturated heterocycles. The predicted molar refractivity (Wildman–Crippen MR) is 114 cm³/mol. The molecule has 0 bridgehead atoms. The van der Waals surface area contributed by atoms with Gasteiger partial charge in [0.1, 0.15) is 11.6 Å². The molecule has 0 saturated carbocycles. The maximum atomic E-state index is 13.1. The molecule has 1 amide bonds. The molecule has 10 heteroatoms. The zero-order chi connectivity index (χ0) is 22.6.